The molecule has 2 nitrogen and oxygen atoms in total. The molecule has 0 bridgehead atoms. The third-order valence-corrected chi connectivity index (χ3v) is 13.6. The highest BCUT2D eigenvalue weighted by atomic mass is 32.1. The molecule has 0 radical (unpaired) electrons. The summed E-state index contributed by atoms with van der Waals surface area (Å²) in [5.41, 5.74) is 16.5. The zero-order chi connectivity index (χ0) is 41.7. The van der Waals surface area contributed by atoms with Gasteiger partial charge in [-0.2, -0.15) is 0 Å². The lowest BCUT2D eigenvalue weighted by Gasteiger charge is -2.27. The Morgan fingerprint density at radius 2 is 0.841 bits per heavy atom. The highest BCUT2D eigenvalue weighted by Crippen LogP contribution is 2.46. The van der Waals surface area contributed by atoms with E-state index in [1.165, 1.54) is 81.0 Å². The van der Waals surface area contributed by atoms with Crippen LogP contribution in [0.4, 0.5) is 17.1 Å². The van der Waals surface area contributed by atoms with Crippen LogP contribution >= 0.6 is 11.3 Å². The Morgan fingerprint density at radius 1 is 0.302 bits per heavy atom. The number of benzene rings is 10. The van der Waals surface area contributed by atoms with Crippen molar-refractivity contribution in [3.63, 3.8) is 0 Å². The Labute approximate surface area is 370 Å². The predicted molar refractivity (Wildman–Crippen MR) is 270 cm³/mol. The molecule has 10 aromatic carbocycles. The second-order valence-electron chi connectivity index (χ2n) is 16.1. The van der Waals surface area contributed by atoms with E-state index in [9.17, 15) is 0 Å². The number of para-hydroxylation sites is 2. The standard InChI is InChI=1S/C60H40N2S/c1-4-17-41(18-5-1)48-23-10-11-24-49(48)43-31-33-45(34-32-43)62-57-29-14-12-25-51(57)52-38-36-47(40-58(52)62)61(44-21-8-3-9-22-44)46-35-37-50(56(39-46)42-19-6-2-7-20-42)54-27-16-28-55-53-26-13-15-30-59(53)63-60(54)55/h1-40H. The summed E-state index contributed by atoms with van der Waals surface area (Å²) in [6, 6.07) is 88.3. The van der Waals surface area contributed by atoms with Gasteiger partial charge in [-0.1, -0.05) is 182 Å². The molecule has 3 heteroatoms. The first-order chi connectivity index (χ1) is 31.3. The van der Waals surface area contributed by atoms with Crippen molar-refractivity contribution in [2.75, 3.05) is 4.90 Å². The van der Waals surface area contributed by atoms with Gasteiger partial charge in [0.05, 0.1) is 11.0 Å². The van der Waals surface area contributed by atoms with Crippen LogP contribution in [0, 0.1) is 0 Å². The van der Waals surface area contributed by atoms with E-state index >= 15 is 0 Å². The number of aromatic nitrogens is 1. The number of rotatable bonds is 8. The van der Waals surface area contributed by atoms with Gasteiger partial charge in [0.25, 0.3) is 0 Å². The molecule has 2 aromatic heterocycles. The maximum Gasteiger partial charge on any atom is 0.0561 e. The maximum atomic E-state index is 2.42. The first kappa shape index (κ1) is 36.8. The van der Waals surface area contributed by atoms with E-state index < -0.39 is 0 Å². The minimum atomic E-state index is 1.09. The molecule has 0 aliphatic rings. The molecule has 0 amide bonds. The molecule has 296 valence electrons. The van der Waals surface area contributed by atoms with Gasteiger partial charge < -0.3 is 9.47 Å². The van der Waals surface area contributed by atoms with Crippen LogP contribution in [-0.2, 0) is 0 Å². The third-order valence-electron chi connectivity index (χ3n) is 12.4. The van der Waals surface area contributed by atoms with Crippen LogP contribution in [0.15, 0.2) is 243 Å². The molecule has 0 unspecified atom stereocenters. The van der Waals surface area contributed by atoms with Crippen LogP contribution in [0.3, 0.4) is 0 Å². The molecule has 2 heterocycles. The van der Waals surface area contributed by atoms with Crippen LogP contribution in [0.1, 0.15) is 0 Å². The molecular formula is C60H40N2S. The van der Waals surface area contributed by atoms with Gasteiger partial charge in [0, 0.05) is 59.3 Å². The van der Waals surface area contributed by atoms with Crippen molar-refractivity contribution < 1.29 is 0 Å². The Bertz CT molecular complexity index is 3600. The number of anilines is 3. The number of hydrogen-bond donors (Lipinski definition) is 0. The molecule has 12 aromatic rings. The quantitative estimate of drug-likeness (QED) is 0.148. The summed E-state index contributed by atoms with van der Waals surface area (Å²) in [6.07, 6.45) is 0. The fourth-order valence-electron chi connectivity index (χ4n) is 9.52. The van der Waals surface area contributed by atoms with E-state index in [1.807, 2.05) is 11.3 Å². The zero-order valence-electron chi connectivity index (χ0n) is 34.4. The first-order valence-electron chi connectivity index (χ1n) is 21.5. The van der Waals surface area contributed by atoms with Gasteiger partial charge in [-0.3, -0.25) is 0 Å². The minimum absolute atomic E-state index is 1.09. The summed E-state index contributed by atoms with van der Waals surface area (Å²) >= 11 is 1.88. The minimum Gasteiger partial charge on any atom is -0.310 e. The smallest absolute Gasteiger partial charge is 0.0561 e. The third kappa shape index (κ3) is 6.41. The van der Waals surface area contributed by atoms with Crippen molar-refractivity contribution >= 4 is 70.4 Å². The fraction of sp³-hybridized carbons (Fsp3) is 0. The van der Waals surface area contributed by atoms with Crippen molar-refractivity contribution in [1.82, 2.24) is 4.57 Å². The highest BCUT2D eigenvalue weighted by molar-refractivity contribution is 7.26. The summed E-state index contributed by atoms with van der Waals surface area (Å²) in [5, 5.41) is 5.06. The fourth-order valence-corrected chi connectivity index (χ4v) is 10.7. The molecular weight excluding hydrogens is 781 g/mol. The van der Waals surface area contributed by atoms with Crippen LogP contribution in [0.2, 0.25) is 0 Å². The van der Waals surface area contributed by atoms with Gasteiger partial charge in [0.15, 0.2) is 0 Å². The Balaban J connectivity index is 1.02. The summed E-state index contributed by atoms with van der Waals surface area (Å²) in [5.74, 6) is 0. The van der Waals surface area contributed by atoms with Crippen LogP contribution in [-0.4, -0.2) is 4.57 Å². The lowest BCUT2D eigenvalue weighted by molar-refractivity contribution is 1.18. The van der Waals surface area contributed by atoms with Crippen LogP contribution in [0.25, 0.3) is 92.2 Å². The number of hydrogen-bond acceptors (Lipinski definition) is 2. The van der Waals surface area contributed by atoms with Gasteiger partial charge in [0.2, 0.25) is 0 Å². The first-order valence-corrected chi connectivity index (χ1v) is 22.3. The van der Waals surface area contributed by atoms with Gasteiger partial charge in [-0.15, -0.1) is 11.3 Å². The molecule has 12 rings (SSSR count). The van der Waals surface area contributed by atoms with E-state index in [0.29, 0.717) is 0 Å². The topological polar surface area (TPSA) is 8.17 Å². The molecule has 0 spiro atoms. The summed E-state index contributed by atoms with van der Waals surface area (Å²) in [4.78, 5) is 2.40. The SMILES string of the molecule is c1ccc(-c2ccccc2-c2ccc(-n3c4ccccc4c4ccc(N(c5ccccc5)c5ccc(-c6cccc7c6sc6ccccc67)c(-c6ccccc6)c5)cc43)cc2)cc1. The summed E-state index contributed by atoms with van der Waals surface area (Å²) in [7, 11) is 0. The van der Waals surface area contributed by atoms with Gasteiger partial charge in [-0.05, 0) is 99.6 Å². The number of fused-ring (bicyclic) bond motifs is 6. The van der Waals surface area contributed by atoms with Crippen molar-refractivity contribution in [3.05, 3.63) is 243 Å². The number of nitrogens with zero attached hydrogens (tertiary/aromatic N) is 2. The molecule has 0 aliphatic carbocycles. The van der Waals surface area contributed by atoms with Crippen LogP contribution < -0.4 is 4.90 Å². The van der Waals surface area contributed by atoms with E-state index in [-0.39, 0.29) is 0 Å². The predicted octanol–water partition coefficient (Wildman–Crippen LogP) is 17.3. The van der Waals surface area contributed by atoms with Crippen molar-refractivity contribution in [1.29, 1.82) is 0 Å². The van der Waals surface area contributed by atoms with E-state index in [2.05, 4.69) is 252 Å². The molecule has 0 saturated heterocycles. The van der Waals surface area contributed by atoms with Crippen LogP contribution in [0.5, 0.6) is 0 Å². The second kappa shape index (κ2) is 15.5. The van der Waals surface area contributed by atoms with Crippen molar-refractivity contribution in [2.24, 2.45) is 0 Å². The zero-order valence-corrected chi connectivity index (χ0v) is 35.2. The van der Waals surface area contributed by atoms with Crippen molar-refractivity contribution in [3.8, 4) is 50.2 Å². The van der Waals surface area contributed by atoms with Gasteiger partial charge in [-0.25, -0.2) is 0 Å². The summed E-state index contributed by atoms with van der Waals surface area (Å²) in [6.45, 7) is 0. The monoisotopic (exact) mass is 820 g/mol. The molecule has 0 fully saturated rings. The molecule has 63 heavy (non-hydrogen) atoms. The average molecular weight is 821 g/mol. The van der Waals surface area contributed by atoms with Gasteiger partial charge >= 0.3 is 0 Å². The largest absolute Gasteiger partial charge is 0.310 e. The molecule has 0 atom stereocenters. The van der Waals surface area contributed by atoms with Crippen molar-refractivity contribution in [2.45, 2.75) is 0 Å². The lowest BCUT2D eigenvalue weighted by atomic mass is 9.92. The van der Waals surface area contributed by atoms with E-state index in [1.54, 1.807) is 0 Å². The Kier molecular flexibility index (Phi) is 9.06. The van der Waals surface area contributed by atoms with E-state index in [0.717, 1.165) is 28.3 Å². The van der Waals surface area contributed by atoms with E-state index in [4.69, 9.17) is 0 Å². The molecule has 0 N–H and O–H groups in total. The summed E-state index contributed by atoms with van der Waals surface area (Å²) < 4.78 is 5.05. The highest BCUT2D eigenvalue weighted by Gasteiger charge is 2.21. The Hall–Kier alpha value is -7.98. The lowest BCUT2D eigenvalue weighted by Crippen LogP contribution is -2.10. The maximum absolute atomic E-state index is 2.42. The average Bonchev–Trinajstić information content (AvgIpc) is 3.91. The second-order valence-corrected chi connectivity index (χ2v) is 17.1. The normalized spacial score (nSPS) is 11.5. The van der Waals surface area contributed by atoms with Gasteiger partial charge in [0.1, 0.15) is 0 Å². The number of thiophene rings is 1. The Morgan fingerprint density at radius 3 is 1.59 bits per heavy atom. The molecule has 0 saturated carbocycles. The molecule has 0 aliphatic heterocycles.